The zero-order valence-electron chi connectivity index (χ0n) is 19.2. The number of nitrogens with two attached hydrogens (primary N) is 1. The largest absolute Gasteiger partial charge is 0.383 e. The summed E-state index contributed by atoms with van der Waals surface area (Å²) >= 11 is 3.57. The van der Waals surface area contributed by atoms with Gasteiger partial charge in [0.05, 0.1) is 11.7 Å². The number of amides is 1. The average molecular weight is 538 g/mol. The van der Waals surface area contributed by atoms with E-state index in [1.165, 1.54) is 12.1 Å². The second-order valence-corrected chi connectivity index (χ2v) is 9.56. The number of aromatic nitrogens is 4. The summed E-state index contributed by atoms with van der Waals surface area (Å²) in [5, 5.41) is 8.59. The highest BCUT2D eigenvalue weighted by Gasteiger charge is 2.27. The minimum absolute atomic E-state index is 0.0496. The Morgan fingerprint density at radius 3 is 2.80 bits per heavy atom. The van der Waals surface area contributed by atoms with E-state index in [1.54, 1.807) is 29.9 Å². The Labute approximate surface area is 210 Å². The highest BCUT2D eigenvalue weighted by molar-refractivity contribution is 9.10. The van der Waals surface area contributed by atoms with Crippen molar-refractivity contribution in [3.05, 3.63) is 59.6 Å². The van der Waals surface area contributed by atoms with Crippen LogP contribution in [0, 0.1) is 11.7 Å². The molecule has 1 aliphatic rings. The van der Waals surface area contributed by atoms with Crippen molar-refractivity contribution in [3.63, 3.8) is 0 Å². The monoisotopic (exact) mass is 537 g/mol. The molecular weight excluding hydrogens is 513 g/mol. The quantitative estimate of drug-likeness (QED) is 0.359. The van der Waals surface area contributed by atoms with E-state index in [0.29, 0.717) is 38.6 Å². The number of benzene rings is 1. The van der Waals surface area contributed by atoms with Gasteiger partial charge in [0.2, 0.25) is 5.91 Å². The fourth-order valence-electron chi connectivity index (χ4n) is 4.64. The number of nitrogen functional groups attached to an aromatic ring is 1. The Hall–Kier alpha value is -3.53. The third kappa shape index (κ3) is 4.34. The van der Waals surface area contributed by atoms with E-state index in [1.807, 2.05) is 17.0 Å². The summed E-state index contributed by atoms with van der Waals surface area (Å²) in [5.41, 5.74) is 9.16. The van der Waals surface area contributed by atoms with E-state index in [9.17, 15) is 9.18 Å². The van der Waals surface area contributed by atoms with E-state index in [4.69, 9.17) is 10.7 Å². The fraction of sp³-hybridized carbons (Fsp3) is 0.280. The summed E-state index contributed by atoms with van der Waals surface area (Å²) in [7, 11) is 0. The van der Waals surface area contributed by atoms with Crippen molar-refractivity contribution in [3.8, 4) is 11.1 Å². The maximum absolute atomic E-state index is 13.8. The zero-order valence-corrected chi connectivity index (χ0v) is 20.8. The van der Waals surface area contributed by atoms with Crippen molar-refractivity contribution >= 4 is 50.0 Å². The summed E-state index contributed by atoms with van der Waals surface area (Å²) in [6, 6.07) is 6.31. The normalized spacial score (nSPS) is 15.5. The van der Waals surface area contributed by atoms with Gasteiger partial charge >= 0.3 is 0 Å². The number of hydrogen-bond acceptors (Lipinski definition) is 6. The maximum atomic E-state index is 13.8. The highest BCUT2D eigenvalue weighted by Crippen LogP contribution is 2.34. The molecule has 1 atom stereocenters. The van der Waals surface area contributed by atoms with Crippen LogP contribution in [-0.2, 0) is 4.79 Å². The molecule has 1 fully saturated rings. The molecule has 4 aromatic rings. The lowest BCUT2D eigenvalue weighted by molar-refractivity contribution is -0.130. The maximum Gasteiger partial charge on any atom is 0.219 e. The topological polar surface area (TPSA) is 101 Å². The van der Waals surface area contributed by atoms with Gasteiger partial charge in [0, 0.05) is 48.8 Å². The lowest BCUT2D eigenvalue weighted by atomic mass is 9.89. The third-order valence-corrected chi connectivity index (χ3v) is 7.41. The van der Waals surface area contributed by atoms with Crippen LogP contribution in [0.5, 0.6) is 0 Å². The first-order valence-corrected chi connectivity index (χ1v) is 12.2. The molecule has 1 amide bonds. The van der Waals surface area contributed by atoms with Crippen molar-refractivity contribution in [2.75, 3.05) is 24.1 Å². The number of carbonyl (C=O) groups excluding carboxylic acids is 1. The molecule has 0 radical (unpaired) electrons. The number of nitrogens with one attached hydrogen (secondary N) is 1. The number of likely N-dealkylation sites (tertiary alicyclic amines) is 1. The molecule has 5 rings (SSSR count). The van der Waals surface area contributed by atoms with Gasteiger partial charge in [-0.25, -0.2) is 9.37 Å². The molecule has 1 saturated heterocycles. The molecule has 8 nitrogen and oxygen atoms in total. The first kappa shape index (κ1) is 23.2. The van der Waals surface area contributed by atoms with Crippen LogP contribution in [0.4, 0.5) is 16.0 Å². The molecule has 3 N–H and O–H groups in total. The third-order valence-electron chi connectivity index (χ3n) is 6.63. The van der Waals surface area contributed by atoms with E-state index < -0.39 is 0 Å². The molecule has 4 heterocycles. The molecule has 1 aliphatic heterocycles. The number of hydrogen-bond donors (Lipinski definition) is 2. The van der Waals surface area contributed by atoms with Crippen LogP contribution >= 0.6 is 15.9 Å². The van der Waals surface area contributed by atoms with Crippen molar-refractivity contribution < 1.29 is 9.18 Å². The number of pyridine rings is 1. The number of piperidine rings is 1. The lowest BCUT2D eigenvalue weighted by Gasteiger charge is -2.35. The SMILES string of the molecule is C=CC(Nc1nc2c(-c3cnc4ccc(F)cc4c3)cnn2c(N)c1Br)C1CCN(C(C)=O)CC1. The van der Waals surface area contributed by atoms with Crippen LogP contribution in [0.3, 0.4) is 0 Å². The molecular formula is C25H25BrFN7O. The minimum Gasteiger partial charge on any atom is -0.383 e. The Kier molecular flexibility index (Phi) is 6.14. The summed E-state index contributed by atoms with van der Waals surface area (Å²) in [6.07, 6.45) is 7.02. The number of anilines is 2. The second-order valence-electron chi connectivity index (χ2n) is 8.76. The number of fused-ring (bicyclic) bond motifs is 2. The molecule has 3 aromatic heterocycles. The molecule has 0 saturated carbocycles. The molecule has 0 aliphatic carbocycles. The van der Waals surface area contributed by atoms with E-state index in [0.717, 1.165) is 37.1 Å². The van der Waals surface area contributed by atoms with Gasteiger partial charge in [-0.3, -0.25) is 9.78 Å². The van der Waals surface area contributed by atoms with Crippen LogP contribution in [0.2, 0.25) is 0 Å². The van der Waals surface area contributed by atoms with Gasteiger partial charge < -0.3 is 16.0 Å². The van der Waals surface area contributed by atoms with E-state index in [-0.39, 0.29) is 17.8 Å². The molecule has 1 unspecified atom stereocenters. The standard InChI is InChI=1S/C25H25BrFN7O/c1-3-20(15-6-8-33(9-7-15)14(2)35)31-24-22(26)23(28)34-25(32-24)19(13-30-34)17-10-16-11-18(27)4-5-21(16)29-12-17/h3-5,10-13,15,20H,1,6-9,28H2,2H3,(H,31,32). The Balaban J connectivity index is 1.49. The summed E-state index contributed by atoms with van der Waals surface area (Å²) in [4.78, 5) is 22.9. The van der Waals surface area contributed by atoms with E-state index >= 15 is 0 Å². The number of halogens is 2. The Bertz CT molecular complexity index is 1450. The minimum atomic E-state index is -0.321. The van der Waals surface area contributed by atoms with Crippen molar-refractivity contribution in [1.82, 2.24) is 24.5 Å². The highest BCUT2D eigenvalue weighted by atomic mass is 79.9. The molecule has 0 bridgehead atoms. The summed E-state index contributed by atoms with van der Waals surface area (Å²) < 4.78 is 15.9. The molecule has 35 heavy (non-hydrogen) atoms. The van der Waals surface area contributed by atoms with Gasteiger partial charge in [0.15, 0.2) is 5.65 Å². The van der Waals surface area contributed by atoms with Crippen LogP contribution in [0.25, 0.3) is 27.7 Å². The average Bonchev–Trinajstić information content (AvgIpc) is 3.29. The van der Waals surface area contributed by atoms with Crippen molar-refractivity contribution in [2.45, 2.75) is 25.8 Å². The van der Waals surface area contributed by atoms with Gasteiger partial charge in [-0.05, 0) is 59.0 Å². The number of nitrogens with zero attached hydrogens (tertiary/aromatic N) is 5. The second kappa shape index (κ2) is 9.26. The smallest absolute Gasteiger partial charge is 0.219 e. The van der Waals surface area contributed by atoms with Crippen LogP contribution in [0.1, 0.15) is 19.8 Å². The summed E-state index contributed by atoms with van der Waals surface area (Å²) in [5.74, 6) is 1.07. The number of rotatable bonds is 5. The zero-order chi connectivity index (χ0) is 24.7. The van der Waals surface area contributed by atoms with Crippen molar-refractivity contribution in [2.24, 2.45) is 5.92 Å². The lowest BCUT2D eigenvalue weighted by Crippen LogP contribution is -2.41. The fourth-order valence-corrected chi connectivity index (χ4v) is 5.02. The molecule has 10 heteroatoms. The molecule has 0 spiro atoms. The first-order chi connectivity index (χ1) is 16.9. The van der Waals surface area contributed by atoms with Crippen LogP contribution < -0.4 is 11.1 Å². The molecule has 180 valence electrons. The van der Waals surface area contributed by atoms with Gasteiger partial charge in [0.25, 0.3) is 0 Å². The van der Waals surface area contributed by atoms with Gasteiger partial charge in [0.1, 0.15) is 21.9 Å². The van der Waals surface area contributed by atoms with Gasteiger partial charge in [-0.2, -0.15) is 9.61 Å². The first-order valence-electron chi connectivity index (χ1n) is 11.4. The van der Waals surface area contributed by atoms with Crippen molar-refractivity contribution in [1.29, 1.82) is 0 Å². The number of carbonyl (C=O) groups is 1. The molecule has 1 aromatic carbocycles. The van der Waals surface area contributed by atoms with E-state index in [2.05, 4.69) is 37.9 Å². The Morgan fingerprint density at radius 2 is 2.09 bits per heavy atom. The van der Waals surface area contributed by atoms with Crippen LogP contribution in [0.15, 0.2) is 53.8 Å². The predicted octanol–water partition coefficient (Wildman–Crippen LogP) is 4.65. The van der Waals surface area contributed by atoms with Gasteiger partial charge in [-0.1, -0.05) is 6.08 Å². The summed E-state index contributed by atoms with van der Waals surface area (Å²) in [6.45, 7) is 7.08. The predicted molar refractivity (Wildman–Crippen MR) is 138 cm³/mol. The van der Waals surface area contributed by atoms with Crippen LogP contribution in [-0.4, -0.2) is 49.5 Å². The van der Waals surface area contributed by atoms with Gasteiger partial charge in [-0.15, -0.1) is 6.58 Å². The Morgan fingerprint density at radius 1 is 1.31 bits per heavy atom.